The molecule has 0 amide bonds. The van der Waals surface area contributed by atoms with Gasteiger partial charge in [-0.15, -0.1) is 11.3 Å². The Hall–Kier alpha value is -0.610. The predicted molar refractivity (Wildman–Crippen MR) is 86.0 cm³/mol. The molecule has 4 heteroatoms. The quantitative estimate of drug-likeness (QED) is 0.787. The first-order chi connectivity index (χ1) is 8.88. The summed E-state index contributed by atoms with van der Waals surface area (Å²) in [5, 5.41) is 4.62. The third kappa shape index (κ3) is 6.39. The van der Waals surface area contributed by atoms with E-state index in [0.29, 0.717) is 17.9 Å². The minimum Gasteiger partial charge on any atom is -0.348 e. The molecule has 0 bridgehead atoms. The van der Waals surface area contributed by atoms with Gasteiger partial charge in [-0.25, -0.2) is 4.98 Å². The van der Waals surface area contributed by atoms with Crippen molar-refractivity contribution in [3.05, 3.63) is 11.1 Å². The lowest BCUT2D eigenvalue weighted by atomic mass is 10.1. The molecule has 0 aliphatic carbocycles. The van der Waals surface area contributed by atoms with Gasteiger partial charge in [-0.1, -0.05) is 41.5 Å². The Morgan fingerprint density at radius 3 is 2.16 bits per heavy atom. The van der Waals surface area contributed by atoms with E-state index < -0.39 is 0 Å². The SMILES string of the molecule is CC(C)CN(CC(C)C)c1ncc(CNC(C)C)s1. The maximum Gasteiger partial charge on any atom is 0.185 e. The molecule has 110 valence electrons. The largest absolute Gasteiger partial charge is 0.348 e. The summed E-state index contributed by atoms with van der Waals surface area (Å²) < 4.78 is 0. The van der Waals surface area contributed by atoms with E-state index in [-0.39, 0.29) is 0 Å². The summed E-state index contributed by atoms with van der Waals surface area (Å²) in [6, 6.07) is 0.521. The molecule has 1 N–H and O–H groups in total. The molecule has 1 heterocycles. The molecule has 3 nitrogen and oxygen atoms in total. The highest BCUT2D eigenvalue weighted by Gasteiger charge is 2.14. The summed E-state index contributed by atoms with van der Waals surface area (Å²) >= 11 is 1.82. The number of hydrogen-bond acceptors (Lipinski definition) is 4. The normalized spacial score (nSPS) is 11.8. The zero-order chi connectivity index (χ0) is 14.4. The molecular formula is C15H29N3S. The second-order valence-corrected chi connectivity index (χ2v) is 7.43. The molecule has 0 aromatic carbocycles. The summed E-state index contributed by atoms with van der Waals surface area (Å²) in [4.78, 5) is 8.36. The molecule has 0 saturated carbocycles. The third-order valence-corrected chi connectivity index (χ3v) is 3.73. The van der Waals surface area contributed by atoms with E-state index >= 15 is 0 Å². The molecule has 0 fully saturated rings. The molecule has 1 rings (SSSR count). The van der Waals surface area contributed by atoms with Gasteiger partial charge >= 0.3 is 0 Å². The number of anilines is 1. The van der Waals surface area contributed by atoms with E-state index in [9.17, 15) is 0 Å². The number of rotatable bonds is 8. The van der Waals surface area contributed by atoms with Gasteiger partial charge in [0.2, 0.25) is 0 Å². The van der Waals surface area contributed by atoms with Crippen LogP contribution in [0.5, 0.6) is 0 Å². The fourth-order valence-electron chi connectivity index (χ4n) is 1.94. The molecule has 0 saturated heterocycles. The van der Waals surface area contributed by atoms with Gasteiger partial charge in [0.05, 0.1) is 0 Å². The van der Waals surface area contributed by atoms with Gasteiger partial charge in [0.1, 0.15) is 0 Å². The predicted octanol–water partition coefficient (Wildman–Crippen LogP) is 3.76. The minimum absolute atomic E-state index is 0.521. The molecule has 1 aromatic heterocycles. The first-order valence-corrected chi connectivity index (χ1v) is 8.13. The van der Waals surface area contributed by atoms with Gasteiger partial charge in [-0.2, -0.15) is 0 Å². The Kier molecular flexibility index (Phi) is 6.80. The van der Waals surface area contributed by atoms with Crippen LogP contribution in [-0.4, -0.2) is 24.1 Å². The molecule has 0 atom stereocenters. The summed E-state index contributed by atoms with van der Waals surface area (Å²) in [5.74, 6) is 1.33. The van der Waals surface area contributed by atoms with E-state index in [2.05, 4.69) is 56.7 Å². The maximum absolute atomic E-state index is 4.61. The van der Waals surface area contributed by atoms with Crippen LogP contribution in [0, 0.1) is 11.8 Å². The van der Waals surface area contributed by atoms with Crippen molar-refractivity contribution in [2.45, 2.75) is 54.1 Å². The van der Waals surface area contributed by atoms with Crippen LogP contribution in [0.15, 0.2) is 6.20 Å². The van der Waals surface area contributed by atoms with Gasteiger partial charge in [0.25, 0.3) is 0 Å². The Balaban J connectivity index is 2.67. The second kappa shape index (κ2) is 7.85. The standard InChI is InChI=1S/C15H29N3S/c1-11(2)9-18(10-12(3)4)15-17-8-14(19-15)7-16-13(5)6/h8,11-13,16H,7,9-10H2,1-6H3. The number of nitrogens with one attached hydrogen (secondary N) is 1. The smallest absolute Gasteiger partial charge is 0.185 e. The van der Waals surface area contributed by atoms with Crippen LogP contribution in [0.4, 0.5) is 5.13 Å². The maximum atomic E-state index is 4.61. The van der Waals surface area contributed by atoms with Crippen molar-refractivity contribution in [3.63, 3.8) is 0 Å². The van der Waals surface area contributed by atoms with Gasteiger partial charge in [-0.3, -0.25) is 0 Å². The van der Waals surface area contributed by atoms with E-state index in [1.807, 2.05) is 17.5 Å². The van der Waals surface area contributed by atoms with Crippen molar-refractivity contribution in [1.29, 1.82) is 0 Å². The summed E-state index contributed by atoms with van der Waals surface area (Å²) in [5.41, 5.74) is 0. The number of nitrogens with zero attached hydrogens (tertiary/aromatic N) is 2. The third-order valence-electron chi connectivity index (χ3n) is 2.67. The van der Waals surface area contributed by atoms with Gasteiger partial charge in [0.15, 0.2) is 5.13 Å². The Morgan fingerprint density at radius 2 is 1.68 bits per heavy atom. The molecule has 19 heavy (non-hydrogen) atoms. The first-order valence-electron chi connectivity index (χ1n) is 7.31. The van der Waals surface area contributed by atoms with E-state index in [1.54, 1.807) is 0 Å². The molecule has 1 aromatic rings. The van der Waals surface area contributed by atoms with Crippen LogP contribution in [-0.2, 0) is 6.54 Å². The fourth-order valence-corrected chi connectivity index (χ4v) is 2.82. The Morgan fingerprint density at radius 1 is 1.11 bits per heavy atom. The van der Waals surface area contributed by atoms with Gasteiger partial charge in [-0.05, 0) is 11.8 Å². The first kappa shape index (κ1) is 16.4. The van der Waals surface area contributed by atoms with Crippen molar-refractivity contribution in [1.82, 2.24) is 10.3 Å². The minimum atomic E-state index is 0.521. The van der Waals surface area contributed by atoms with Crippen LogP contribution < -0.4 is 10.2 Å². The van der Waals surface area contributed by atoms with Crippen molar-refractivity contribution in [3.8, 4) is 0 Å². The molecule has 0 radical (unpaired) electrons. The van der Waals surface area contributed by atoms with Crippen LogP contribution in [0.2, 0.25) is 0 Å². The molecule has 0 unspecified atom stereocenters. The monoisotopic (exact) mass is 283 g/mol. The zero-order valence-corrected chi connectivity index (χ0v) is 14.0. The van der Waals surface area contributed by atoms with E-state index in [0.717, 1.165) is 19.6 Å². The average Bonchev–Trinajstić information content (AvgIpc) is 2.72. The van der Waals surface area contributed by atoms with Crippen molar-refractivity contribution < 1.29 is 0 Å². The zero-order valence-electron chi connectivity index (χ0n) is 13.2. The molecule has 0 aliphatic heterocycles. The van der Waals surface area contributed by atoms with Gasteiger partial charge in [0, 0.05) is 36.8 Å². The number of hydrogen-bond donors (Lipinski definition) is 1. The fraction of sp³-hybridized carbons (Fsp3) is 0.800. The van der Waals surface area contributed by atoms with Gasteiger partial charge < -0.3 is 10.2 Å². The summed E-state index contributed by atoms with van der Waals surface area (Å²) in [7, 11) is 0. The lowest BCUT2D eigenvalue weighted by Crippen LogP contribution is -2.31. The van der Waals surface area contributed by atoms with Crippen molar-refractivity contribution in [2.24, 2.45) is 11.8 Å². The van der Waals surface area contributed by atoms with Crippen LogP contribution >= 0.6 is 11.3 Å². The molecular weight excluding hydrogens is 254 g/mol. The van der Waals surface area contributed by atoms with Crippen LogP contribution in [0.1, 0.15) is 46.4 Å². The average molecular weight is 283 g/mol. The van der Waals surface area contributed by atoms with Crippen LogP contribution in [0.25, 0.3) is 0 Å². The summed E-state index contributed by atoms with van der Waals surface area (Å²) in [6.07, 6.45) is 2.02. The van der Waals surface area contributed by atoms with Crippen molar-refractivity contribution in [2.75, 3.05) is 18.0 Å². The number of aromatic nitrogens is 1. The Bertz CT molecular complexity index is 348. The highest BCUT2D eigenvalue weighted by molar-refractivity contribution is 7.15. The topological polar surface area (TPSA) is 28.2 Å². The lowest BCUT2D eigenvalue weighted by molar-refractivity contribution is 0.552. The van der Waals surface area contributed by atoms with Crippen LogP contribution in [0.3, 0.4) is 0 Å². The van der Waals surface area contributed by atoms with E-state index in [1.165, 1.54) is 10.0 Å². The highest BCUT2D eigenvalue weighted by Crippen LogP contribution is 2.24. The van der Waals surface area contributed by atoms with Crippen molar-refractivity contribution >= 4 is 16.5 Å². The molecule has 0 spiro atoms. The second-order valence-electron chi connectivity index (χ2n) is 6.34. The Labute approximate surface area is 122 Å². The highest BCUT2D eigenvalue weighted by atomic mass is 32.1. The lowest BCUT2D eigenvalue weighted by Gasteiger charge is -2.25. The summed E-state index contributed by atoms with van der Waals surface area (Å²) in [6.45, 7) is 16.5. The molecule has 0 aliphatic rings. The number of thiazole rings is 1. The van der Waals surface area contributed by atoms with E-state index in [4.69, 9.17) is 0 Å².